The van der Waals surface area contributed by atoms with Crippen molar-refractivity contribution in [1.82, 2.24) is 19.6 Å². The Morgan fingerprint density at radius 2 is 2.16 bits per heavy atom. The number of oxazole rings is 1. The molecule has 1 aliphatic heterocycles. The molecule has 0 aliphatic carbocycles. The fourth-order valence-corrected chi connectivity index (χ4v) is 3.59. The van der Waals surface area contributed by atoms with Crippen LogP contribution in [-0.4, -0.2) is 32.7 Å². The molecule has 25 heavy (non-hydrogen) atoms. The molecule has 0 amide bonds. The molecule has 3 aromatic rings. The van der Waals surface area contributed by atoms with Crippen LogP contribution in [0, 0.1) is 0 Å². The molecule has 0 spiro atoms. The molecule has 0 N–H and O–H groups in total. The summed E-state index contributed by atoms with van der Waals surface area (Å²) in [6.07, 6.45) is 3.82. The van der Waals surface area contributed by atoms with Gasteiger partial charge in [-0.1, -0.05) is 24.2 Å². The highest BCUT2D eigenvalue weighted by atomic mass is 16.5. The van der Waals surface area contributed by atoms with E-state index in [-0.39, 0.29) is 11.8 Å². The molecule has 0 bridgehead atoms. The molecule has 7 heteroatoms. The zero-order valence-electron chi connectivity index (χ0n) is 14.4. The largest absolute Gasteiger partial charge is 0.419 e. The van der Waals surface area contributed by atoms with Crippen LogP contribution in [0.3, 0.4) is 0 Å². The number of hydrogen-bond acceptors (Lipinski definition) is 6. The smallest absolute Gasteiger partial charge is 0.408 e. The van der Waals surface area contributed by atoms with Crippen LogP contribution >= 0.6 is 0 Å². The van der Waals surface area contributed by atoms with Crippen LogP contribution in [0.4, 0.5) is 0 Å². The van der Waals surface area contributed by atoms with Crippen LogP contribution < -0.4 is 5.76 Å². The first-order valence-electron chi connectivity index (χ1n) is 8.91. The van der Waals surface area contributed by atoms with Crippen LogP contribution in [0.25, 0.3) is 11.1 Å². The Morgan fingerprint density at radius 3 is 3.00 bits per heavy atom. The number of para-hydroxylation sites is 2. The third-order valence-electron chi connectivity index (χ3n) is 4.85. The van der Waals surface area contributed by atoms with E-state index in [1.54, 1.807) is 4.57 Å². The molecule has 0 radical (unpaired) electrons. The number of hydrogen-bond donors (Lipinski definition) is 0. The van der Waals surface area contributed by atoms with E-state index in [4.69, 9.17) is 8.94 Å². The number of fused-ring (bicyclic) bond motifs is 1. The summed E-state index contributed by atoms with van der Waals surface area (Å²) in [4.78, 5) is 18.9. The number of rotatable bonds is 6. The maximum atomic E-state index is 12.0. The zero-order chi connectivity index (χ0) is 17.2. The molecular weight excluding hydrogens is 320 g/mol. The van der Waals surface area contributed by atoms with Gasteiger partial charge in [-0.15, -0.1) is 0 Å². The fraction of sp³-hybridized carbons (Fsp3) is 0.500. The van der Waals surface area contributed by atoms with Gasteiger partial charge in [0.25, 0.3) is 0 Å². The van der Waals surface area contributed by atoms with Gasteiger partial charge in [-0.25, -0.2) is 4.79 Å². The van der Waals surface area contributed by atoms with Gasteiger partial charge in [0.1, 0.15) is 0 Å². The average molecular weight is 342 g/mol. The first-order valence-corrected chi connectivity index (χ1v) is 8.91. The van der Waals surface area contributed by atoms with Gasteiger partial charge in [-0.3, -0.25) is 9.47 Å². The summed E-state index contributed by atoms with van der Waals surface area (Å²) in [5, 5.41) is 4.13. The van der Waals surface area contributed by atoms with E-state index < -0.39 is 0 Å². The quantitative estimate of drug-likeness (QED) is 0.685. The van der Waals surface area contributed by atoms with Crippen molar-refractivity contribution in [3.63, 3.8) is 0 Å². The minimum atomic E-state index is -0.287. The maximum Gasteiger partial charge on any atom is 0.419 e. The summed E-state index contributed by atoms with van der Waals surface area (Å²) in [6.45, 7) is 4.58. The maximum absolute atomic E-state index is 12.0. The summed E-state index contributed by atoms with van der Waals surface area (Å²) >= 11 is 0. The molecule has 1 fully saturated rings. The molecule has 1 unspecified atom stereocenters. The Kier molecular flexibility index (Phi) is 4.40. The van der Waals surface area contributed by atoms with Gasteiger partial charge in [0.05, 0.1) is 11.6 Å². The molecule has 7 nitrogen and oxygen atoms in total. The number of aromatic nitrogens is 3. The first-order chi connectivity index (χ1) is 12.3. The average Bonchev–Trinajstić information content (AvgIpc) is 3.33. The van der Waals surface area contributed by atoms with Crippen molar-refractivity contribution in [1.29, 1.82) is 0 Å². The minimum Gasteiger partial charge on any atom is -0.408 e. The zero-order valence-corrected chi connectivity index (χ0v) is 14.4. The lowest BCUT2D eigenvalue weighted by Crippen LogP contribution is -2.27. The van der Waals surface area contributed by atoms with Crippen molar-refractivity contribution < 1.29 is 8.94 Å². The molecule has 1 saturated heterocycles. The number of benzene rings is 1. The second-order valence-corrected chi connectivity index (χ2v) is 6.43. The first kappa shape index (κ1) is 16.1. The van der Waals surface area contributed by atoms with Gasteiger partial charge in [0.2, 0.25) is 5.89 Å². The molecule has 3 heterocycles. The van der Waals surface area contributed by atoms with Crippen LogP contribution in [0.5, 0.6) is 0 Å². The van der Waals surface area contributed by atoms with Gasteiger partial charge >= 0.3 is 5.76 Å². The van der Waals surface area contributed by atoms with Crippen LogP contribution in [0.1, 0.15) is 43.9 Å². The van der Waals surface area contributed by atoms with E-state index in [1.807, 2.05) is 31.2 Å². The van der Waals surface area contributed by atoms with Crippen molar-refractivity contribution in [3.05, 3.63) is 46.5 Å². The van der Waals surface area contributed by atoms with E-state index in [1.165, 1.54) is 0 Å². The highest BCUT2D eigenvalue weighted by Crippen LogP contribution is 2.30. The molecule has 0 saturated carbocycles. The van der Waals surface area contributed by atoms with Gasteiger partial charge in [-0.05, 0) is 37.9 Å². The van der Waals surface area contributed by atoms with E-state index in [2.05, 4.69) is 15.0 Å². The van der Waals surface area contributed by atoms with E-state index >= 15 is 0 Å². The van der Waals surface area contributed by atoms with Gasteiger partial charge in [-0.2, -0.15) is 4.98 Å². The Morgan fingerprint density at radius 1 is 1.28 bits per heavy atom. The molecule has 132 valence electrons. The van der Waals surface area contributed by atoms with E-state index in [0.717, 1.165) is 50.1 Å². The van der Waals surface area contributed by atoms with E-state index in [0.29, 0.717) is 18.0 Å². The van der Waals surface area contributed by atoms with Crippen molar-refractivity contribution >= 4 is 11.1 Å². The summed E-state index contributed by atoms with van der Waals surface area (Å²) < 4.78 is 12.3. The lowest BCUT2D eigenvalue weighted by atomic mass is 10.2. The second kappa shape index (κ2) is 6.84. The predicted molar refractivity (Wildman–Crippen MR) is 92.3 cm³/mol. The molecular formula is C18H22N4O3. The standard InChI is InChI=1S/C18H22N4O3/c1-2-16-19-17(20-25-16)14-8-5-10-21(14)11-6-12-22-13-7-3-4-9-15(13)24-18(22)23/h3-4,7,9,14H,2,5-6,8,10-12H2,1H3. The number of aryl methyl sites for hydroxylation is 2. The van der Waals surface area contributed by atoms with Gasteiger partial charge < -0.3 is 8.94 Å². The Labute approximate surface area is 145 Å². The fourth-order valence-electron chi connectivity index (χ4n) is 3.59. The molecule has 1 aromatic carbocycles. The van der Waals surface area contributed by atoms with Crippen molar-refractivity contribution in [3.8, 4) is 0 Å². The third-order valence-corrected chi connectivity index (χ3v) is 4.85. The topological polar surface area (TPSA) is 77.3 Å². The van der Waals surface area contributed by atoms with Crippen LogP contribution in [-0.2, 0) is 13.0 Å². The molecule has 1 aliphatic rings. The monoisotopic (exact) mass is 342 g/mol. The normalized spacial score (nSPS) is 18.4. The Balaban J connectivity index is 1.42. The molecule has 4 rings (SSSR count). The van der Waals surface area contributed by atoms with Crippen LogP contribution in [0.15, 0.2) is 38.0 Å². The third kappa shape index (κ3) is 3.11. The van der Waals surface area contributed by atoms with E-state index in [9.17, 15) is 4.79 Å². The SMILES string of the molecule is CCc1nc(C2CCCN2CCCn2c(=O)oc3ccccc32)no1. The molecule has 2 aromatic heterocycles. The van der Waals surface area contributed by atoms with Crippen molar-refractivity contribution in [2.24, 2.45) is 0 Å². The summed E-state index contributed by atoms with van der Waals surface area (Å²) in [7, 11) is 0. The number of nitrogens with zero attached hydrogens (tertiary/aromatic N) is 4. The molecule has 1 atom stereocenters. The lowest BCUT2D eigenvalue weighted by molar-refractivity contribution is 0.235. The van der Waals surface area contributed by atoms with Crippen molar-refractivity contribution in [2.75, 3.05) is 13.1 Å². The highest BCUT2D eigenvalue weighted by Gasteiger charge is 2.29. The predicted octanol–water partition coefficient (Wildman–Crippen LogP) is 2.77. The number of likely N-dealkylation sites (tertiary alicyclic amines) is 1. The van der Waals surface area contributed by atoms with Gasteiger partial charge in [0, 0.05) is 19.5 Å². The Hall–Kier alpha value is -2.41. The minimum absolute atomic E-state index is 0.224. The van der Waals surface area contributed by atoms with Crippen molar-refractivity contribution in [2.45, 2.75) is 45.2 Å². The summed E-state index contributed by atoms with van der Waals surface area (Å²) in [5.41, 5.74) is 1.50. The summed E-state index contributed by atoms with van der Waals surface area (Å²) in [5.74, 6) is 1.20. The Bertz CT molecular complexity index is 910. The lowest BCUT2D eigenvalue weighted by Gasteiger charge is -2.21. The highest BCUT2D eigenvalue weighted by molar-refractivity contribution is 5.72. The van der Waals surface area contributed by atoms with Crippen LogP contribution in [0.2, 0.25) is 0 Å². The van der Waals surface area contributed by atoms with Gasteiger partial charge in [0.15, 0.2) is 11.4 Å². The summed E-state index contributed by atoms with van der Waals surface area (Å²) in [6, 6.07) is 7.77. The second-order valence-electron chi connectivity index (χ2n) is 6.43.